The number of aromatic amines is 1. The number of alkyl halides is 1. The van der Waals surface area contributed by atoms with Crippen LogP contribution in [0.5, 0.6) is 0 Å². The molecule has 5 aromatic rings. The maximum atomic E-state index is 15.1. The number of aliphatic hydroxyl groups excluding tert-OH is 1. The van der Waals surface area contributed by atoms with Crippen molar-refractivity contribution in [3.05, 3.63) is 106 Å². The van der Waals surface area contributed by atoms with Crippen molar-refractivity contribution >= 4 is 51.6 Å². The Labute approximate surface area is 425 Å². The summed E-state index contributed by atoms with van der Waals surface area (Å²) in [6.07, 6.45) is 0.0205. The van der Waals surface area contributed by atoms with Crippen LogP contribution in [0, 0.1) is 12.3 Å². The fourth-order valence-corrected chi connectivity index (χ4v) is 10.2. The summed E-state index contributed by atoms with van der Waals surface area (Å²) in [5.74, 6) is -1.65. The first-order valence-electron chi connectivity index (χ1n) is 24.7. The zero-order valence-corrected chi connectivity index (χ0v) is 43.2. The predicted molar refractivity (Wildman–Crippen MR) is 275 cm³/mol. The van der Waals surface area contributed by atoms with Crippen LogP contribution < -0.4 is 16.0 Å². The van der Waals surface area contributed by atoms with Gasteiger partial charge in [0, 0.05) is 54.4 Å². The number of thiazole rings is 1. The fourth-order valence-electron chi connectivity index (χ4n) is 9.36. The number of likely N-dealkylation sites (tertiary alicyclic amines) is 1. The van der Waals surface area contributed by atoms with Crippen LogP contribution in [0.4, 0.5) is 10.1 Å². The second-order valence-corrected chi connectivity index (χ2v) is 21.2. The Morgan fingerprint density at radius 1 is 0.875 bits per heavy atom. The summed E-state index contributed by atoms with van der Waals surface area (Å²) in [5.41, 5.74) is 7.61. The number of aryl methyl sites for hydroxylation is 1. The quantitative estimate of drug-likeness (QED) is 0.0449. The third-order valence-corrected chi connectivity index (χ3v) is 13.9. The van der Waals surface area contributed by atoms with Crippen LogP contribution in [0.2, 0.25) is 0 Å². The lowest BCUT2D eigenvalue weighted by atomic mass is 9.85. The number of anilines is 1. The minimum atomic E-state index is -1.39. The minimum Gasteiger partial charge on any atom is -0.391 e. The number of β-amino-alcohol motifs (C(OH)–C–C–N with tert-alkyl or cyclic N) is 1. The van der Waals surface area contributed by atoms with Crippen LogP contribution in [-0.2, 0) is 51.1 Å². The Morgan fingerprint density at radius 3 is 2.14 bits per heavy atom. The molecule has 2 aromatic heterocycles. The number of hydrogen-bond acceptors (Lipinski definition) is 12. The number of carbonyl (C=O) groups excluding carboxylic acids is 4. The molecule has 4 amide bonds. The summed E-state index contributed by atoms with van der Waals surface area (Å²) < 4.78 is 37.3. The standard InChI is InChI=1S/C54H70FN7O9S/c1-34-26-42-41-10-8-9-11-43(41)59-47(42)48(62(34)32-54(6,7)55)37-16-18-39(19-17-37)58-45(64)30-70-24-22-68-20-21-69-23-25-71-31-46(65)60-50(53(3,4)5)52(67)61-29-40(63)27-44(61)51(66)56-28-36-12-14-38(15-13-36)49-35(2)57-33-72-49/h8-19,33-34,40,44,48,50,59,63H,20-32H2,1-7H3,(H,56,66)(H,58,64)(H,60,65)/t34-,40-,44+,48-,50?/m1/s1. The summed E-state index contributed by atoms with van der Waals surface area (Å²) in [7, 11) is 0. The number of carbonyl (C=O) groups is 4. The monoisotopic (exact) mass is 1010 g/mol. The van der Waals surface area contributed by atoms with Gasteiger partial charge in [0.25, 0.3) is 0 Å². The van der Waals surface area contributed by atoms with Crippen molar-refractivity contribution in [2.45, 2.75) is 104 Å². The van der Waals surface area contributed by atoms with Gasteiger partial charge < -0.3 is 49.9 Å². The number of rotatable bonds is 23. The van der Waals surface area contributed by atoms with Gasteiger partial charge in [-0.2, -0.15) is 0 Å². The number of amides is 4. The lowest BCUT2D eigenvalue weighted by Crippen LogP contribution is -2.58. The van der Waals surface area contributed by atoms with E-state index < -0.39 is 41.1 Å². The fraction of sp³-hybridized carbons (Fsp3) is 0.500. The van der Waals surface area contributed by atoms with Gasteiger partial charge in [-0.15, -0.1) is 11.3 Å². The molecule has 0 spiro atoms. The molecule has 0 saturated carbocycles. The summed E-state index contributed by atoms with van der Waals surface area (Å²) in [6.45, 7) is 14.1. The van der Waals surface area contributed by atoms with Crippen LogP contribution in [0.3, 0.4) is 0 Å². The van der Waals surface area contributed by atoms with Gasteiger partial charge in [-0.3, -0.25) is 24.1 Å². The van der Waals surface area contributed by atoms with Crippen LogP contribution in [-0.4, -0.2) is 144 Å². The number of ether oxygens (including phenoxy) is 4. The molecule has 3 aromatic carbocycles. The zero-order chi connectivity index (χ0) is 51.6. The van der Waals surface area contributed by atoms with E-state index in [2.05, 4.69) is 49.9 Å². The van der Waals surface area contributed by atoms with E-state index in [1.807, 2.05) is 93.9 Å². The molecule has 0 bridgehead atoms. The molecule has 388 valence electrons. The van der Waals surface area contributed by atoms with Crippen molar-refractivity contribution in [3.8, 4) is 10.4 Å². The van der Waals surface area contributed by atoms with Crippen LogP contribution in [0.15, 0.2) is 78.3 Å². The van der Waals surface area contributed by atoms with Crippen LogP contribution in [0.25, 0.3) is 21.3 Å². The highest BCUT2D eigenvalue weighted by molar-refractivity contribution is 7.13. The van der Waals surface area contributed by atoms with E-state index in [9.17, 15) is 24.3 Å². The first-order chi connectivity index (χ1) is 34.4. The molecule has 1 fully saturated rings. The Hall–Kier alpha value is -5.60. The van der Waals surface area contributed by atoms with Gasteiger partial charge in [0.2, 0.25) is 23.6 Å². The summed E-state index contributed by atoms with van der Waals surface area (Å²) in [4.78, 5) is 65.7. The van der Waals surface area contributed by atoms with Gasteiger partial charge in [-0.1, -0.05) is 75.4 Å². The maximum Gasteiger partial charge on any atom is 0.250 e. The second kappa shape index (κ2) is 24.4. The lowest BCUT2D eigenvalue weighted by Gasteiger charge is -2.43. The van der Waals surface area contributed by atoms with E-state index in [0.29, 0.717) is 5.69 Å². The number of H-pyrrole nitrogens is 1. The first kappa shape index (κ1) is 54.2. The summed E-state index contributed by atoms with van der Waals surface area (Å²) in [5, 5.41) is 20.3. The molecule has 4 heterocycles. The van der Waals surface area contributed by atoms with Gasteiger partial charge in [0.1, 0.15) is 31.0 Å². The van der Waals surface area contributed by atoms with Crippen molar-refractivity contribution in [2.75, 3.05) is 71.3 Å². The molecule has 5 atom stereocenters. The lowest BCUT2D eigenvalue weighted by molar-refractivity contribution is -0.144. The molecule has 5 N–H and O–H groups in total. The Morgan fingerprint density at radius 2 is 1.51 bits per heavy atom. The highest BCUT2D eigenvalue weighted by atomic mass is 32.1. The van der Waals surface area contributed by atoms with Crippen molar-refractivity contribution in [1.29, 1.82) is 0 Å². The number of nitrogens with zero attached hydrogens (tertiary/aromatic N) is 3. The molecule has 2 aliphatic heterocycles. The van der Waals surface area contributed by atoms with E-state index >= 15 is 4.39 Å². The molecule has 7 rings (SSSR count). The van der Waals surface area contributed by atoms with Gasteiger partial charge in [0.05, 0.1) is 67.9 Å². The number of benzene rings is 3. The Kier molecular flexibility index (Phi) is 18.4. The van der Waals surface area contributed by atoms with E-state index in [0.717, 1.165) is 44.9 Å². The zero-order valence-electron chi connectivity index (χ0n) is 42.4. The smallest absolute Gasteiger partial charge is 0.250 e. The SMILES string of the molecule is Cc1ncsc1-c1ccc(CNC(=O)[C@@H]2C[C@@H](O)CN2C(=O)C(NC(=O)COCCOCCOCCOCC(=O)Nc2ccc([C@@H]3c4[nH]c5ccccc5c4C[C@@H](C)N3CC(C)(C)F)cc2)C(C)(C)C)cc1. The van der Waals surface area contributed by atoms with Crippen molar-refractivity contribution in [1.82, 2.24) is 30.4 Å². The molecule has 1 saturated heterocycles. The number of hydrogen-bond donors (Lipinski definition) is 5. The average Bonchev–Trinajstić information content (AvgIpc) is 4.06. The molecule has 0 radical (unpaired) electrons. The molecule has 0 aliphatic carbocycles. The Balaban J connectivity index is 0.755. The maximum absolute atomic E-state index is 15.1. The predicted octanol–water partition coefficient (Wildman–Crippen LogP) is 6.50. The topological polar surface area (TPSA) is 197 Å². The van der Waals surface area contributed by atoms with Gasteiger partial charge in [-0.05, 0) is 80.0 Å². The summed E-state index contributed by atoms with van der Waals surface area (Å²) in [6, 6.07) is 21.8. The average molecular weight is 1010 g/mol. The minimum absolute atomic E-state index is 0.0286. The molecular weight excluding hydrogens is 942 g/mol. The molecule has 1 unspecified atom stereocenters. The molecule has 72 heavy (non-hydrogen) atoms. The van der Waals surface area contributed by atoms with E-state index in [1.165, 1.54) is 15.8 Å². The molecule has 2 aliphatic rings. The first-order valence-corrected chi connectivity index (χ1v) is 25.5. The van der Waals surface area contributed by atoms with Gasteiger partial charge >= 0.3 is 0 Å². The number of aliphatic hydroxyl groups is 1. The molecule has 18 heteroatoms. The third kappa shape index (κ3) is 14.3. The van der Waals surface area contributed by atoms with Crippen molar-refractivity contribution in [2.24, 2.45) is 5.41 Å². The van der Waals surface area contributed by atoms with Gasteiger partial charge in [-0.25, -0.2) is 9.37 Å². The number of para-hydroxylation sites is 1. The molecule has 16 nitrogen and oxygen atoms in total. The van der Waals surface area contributed by atoms with Crippen molar-refractivity contribution in [3.63, 3.8) is 0 Å². The third-order valence-electron chi connectivity index (χ3n) is 12.9. The van der Waals surface area contributed by atoms with Crippen LogP contribution in [0.1, 0.15) is 82.1 Å². The molecular formula is C54H70FN7O9S. The number of aromatic nitrogens is 2. The van der Waals surface area contributed by atoms with Crippen molar-refractivity contribution < 1.29 is 47.6 Å². The van der Waals surface area contributed by atoms with Crippen LogP contribution >= 0.6 is 11.3 Å². The normalized spacial score (nSPS) is 18.8. The summed E-state index contributed by atoms with van der Waals surface area (Å²) >= 11 is 1.57. The van der Waals surface area contributed by atoms with E-state index in [-0.39, 0.29) is 103 Å². The largest absolute Gasteiger partial charge is 0.391 e. The number of nitrogens with one attached hydrogen (secondary N) is 4. The highest BCUT2D eigenvalue weighted by Gasteiger charge is 2.45. The Bertz CT molecular complexity index is 2610. The van der Waals surface area contributed by atoms with E-state index in [4.69, 9.17) is 18.9 Å². The van der Waals surface area contributed by atoms with E-state index in [1.54, 1.807) is 25.2 Å². The number of fused-ring (bicyclic) bond motifs is 3. The highest BCUT2D eigenvalue weighted by Crippen LogP contribution is 2.42. The van der Waals surface area contributed by atoms with Gasteiger partial charge in [0.15, 0.2) is 0 Å². The number of halogens is 1. The second-order valence-electron chi connectivity index (χ2n) is 20.4.